The lowest BCUT2D eigenvalue weighted by atomic mass is 10.1. The summed E-state index contributed by atoms with van der Waals surface area (Å²) in [4.78, 5) is 15.0. The highest BCUT2D eigenvalue weighted by Gasteiger charge is 2.27. The summed E-state index contributed by atoms with van der Waals surface area (Å²) >= 11 is 1.34. The van der Waals surface area contributed by atoms with Crippen LogP contribution in [0.4, 0.5) is 0 Å². The van der Waals surface area contributed by atoms with Crippen LogP contribution < -0.4 is 0 Å². The number of thiophene rings is 1. The first-order valence-electron chi connectivity index (χ1n) is 6.96. The van der Waals surface area contributed by atoms with Crippen LogP contribution >= 0.6 is 11.3 Å². The maximum absolute atomic E-state index is 12.6. The highest BCUT2D eigenvalue weighted by atomic mass is 32.1. The van der Waals surface area contributed by atoms with Gasteiger partial charge in [0.05, 0.1) is 17.8 Å². The summed E-state index contributed by atoms with van der Waals surface area (Å²) in [5.74, 6) is -0.0323. The molecule has 0 N–H and O–H groups in total. The van der Waals surface area contributed by atoms with Crippen LogP contribution in [0.25, 0.3) is 0 Å². The fraction of sp³-hybridized carbons (Fsp3) is 0.400. The summed E-state index contributed by atoms with van der Waals surface area (Å²) in [6.45, 7) is 3.42. The van der Waals surface area contributed by atoms with Gasteiger partial charge in [0, 0.05) is 19.3 Å². The number of carbonyl (C=O) groups excluding carboxylic acids is 1. The van der Waals surface area contributed by atoms with Gasteiger partial charge in [0.15, 0.2) is 0 Å². The van der Waals surface area contributed by atoms with Crippen LogP contribution in [0, 0.1) is 18.3 Å². The van der Waals surface area contributed by atoms with Gasteiger partial charge in [0.2, 0.25) is 0 Å². The van der Waals surface area contributed by atoms with Gasteiger partial charge in [-0.3, -0.25) is 9.48 Å². The molecule has 0 saturated carbocycles. The Morgan fingerprint density at radius 1 is 1.57 bits per heavy atom. The maximum atomic E-state index is 12.6. The predicted octanol–water partition coefficient (Wildman–Crippen LogP) is 2.60. The molecule has 5 nitrogen and oxygen atoms in total. The van der Waals surface area contributed by atoms with Crippen molar-refractivity contribution in [1.29, 1.82) is 5.26 Å². The van der Waals surface area contributed by atoms with Gasteiger partial charge < -0.3 is 4.90 Å². The lowest BCUT2D eigenvalue weighted by Gasteiger charge is -2.32. The second-order valence-electron chi connectivity index (χ2n) is 5.32. The van der Waals surface area contributed by atoms with Crippen molar-refractivity contribution in [3.63, 3.8) is 0 Å². The standard InChI is InChI=1S/C15H16N4OS/c1-11-8-17-19(9-11)13-3-2-5-18(10-13)15(20)14-12(7-16)4-6-21-14/h4,6,8-9,13H,2-3,5,10H2,1H3/t13-/m1/s1. The molecule has 0 unspecified atom stereocenters. The molecule has 0 radical (unpaired) electrons. The van der Waals surface area contributed by atoms with Crippen molar-refractivity contribution < 1.29 is 4.79 Å². The third-order valence-electron chi connectivity index (χ3n) is 3.77. The quantitative estimate of drug-likeness (QED) is 0.856. The minimum Gasteiger partial charge on any atom is -0.336 e. The fourth-order valence-electron chi connectivity index (χ4n) is 2.69. The van der Waals surface area contributed by atoms with Gasteiger partial charge in [-0.2, -0.15) is 10.4 Å². The van der Waals surface area contributed by atoms with E-state index in [1.54, 1.807) is 11.4 Å². The Balaban J connectivity index is 1.77. The molecule has 2 aromatic heterocycles. The molecule has 3 heterocycles. The van der Waals surface area contributed by atoms with Gasteiger partial charge in [-0.1, -0.05) is 0 Å². The van der Waals surface area contributed by atoms with Crippen LogP contribution in [0.3, 0.4) is 0 Å². The largest absolute Gasteiger partial charge is 0.336 e. The van der Waals surface area contributed by atoms with Gasteiger partial charge in [-0.05, 0) is 36.8 Å². The third-order valence-corrected chi connectivity index (χ3v) is 4.67. The number of aromatic nitrogens is 2. The average Bonchev–Trinajstić information content (AvgIpc) is 3.15. The molecular weight excluding hydrogens is 284 g/mol. The molecule has 108 valence electrons. The van der Waals surface area contributed by atoms with E-state index in [1.807, 2.05) is 28.9 Å². The normalized spacial score (nSPS) is 18.5. The van der Waals surface area contributed by atoms with E-state index in [4.69, 9.17) is 5.26 Å². The lowest BCUT2D eigenvalue weighted by Crippen LogP contribution is -2.40. The molecule has 6 heteroatoms. The highest BCUT2D eigenvalue weighted by molar-refractivity contribution is 7.12. The zero-order chi connectivity index (χ0) is 14.8. The zero-order valence-electron chi connectivity index (χ0n) is 11.8. The van der Waals surface area contributed by atoms with E-state index in [0.717, 1.165) is 24.9 Å². The number of rotatable bonds is 2. The summed E-state index contributed by atoms with van der Waals surface area (Å²) in [6.07, 6.45) is 5.85. The summed E-state index contributed by atoms with van der Waals surface area (Å²) in [5, 5.41) is 15.2. The van der Waals surface area contributed by atoms with Crippen molar-refractivity contribution in [3.8, 4) is 6.07 Å². The Kier molecular flexibility index (Phi) is 3.76. The van der Waals surface area contributed by atoms with Gasteiger partial charge in [0.25, 0.3) is 5.91 Å². The number of nitriles is 1. The van der Waals surface area contributed by atoms with Crippen molar-refractivity contribution in [1.82, 2.24) is 14.7 Å². The molecule has 3 rings (SSSR count). The van der Waals surface area contributed by atoms with Crippen LogP contribution in [-0.4, -0.2) is 33.7 Å². The SMILES string of the molecule is Cc1cnn([C@@H]2CCCN(C(=O)c3sccc3C#N)C2)c1. The van der Waals surface area contributed by atoms with Crippen LogP contribution in [0.2, 0.25) is 0 Å². The summed E-state index contributed by atoms with van der Waals surface area (Å²) in [6, 6.07) is 4.02. The monoisotopic (exact) mass is 300 g/mol. The first-order valence-corrected chi connectivity index (χ1v) is 7.84. The number of likely N-dealkylation sites (tertiary alicyclic amines) is 1. The van der Waals surface area contributed by atoms with E-state index in [-0.39, 0.29) is 11.9 Å². The molecule has 0 aromatic carbocycles. The lowest BCUT2D eigenvalue weighted by molar-refractivity contribution is 0.0677. The van der Waals surface area contributed by atoms with Gasteiger partial charge in [0.1, 0.15) is 10.9 Å². The second-order valence-corrected chi connectivity index (χ2v) is 6.24. The van der Waals surface area contributed by atoms with Crippen molar-refractivity contribution in [2.75, 3.05) is 13.1 Å². The first-order chi connectivity index (χ1) is 10.2. The van der Waals surface area contributed by atoms with Gasteiger partial charge in [-0.25, -0.2) is 0 Å². The molecule has 0 bridgehead atoms. The van der Waals surface area contributed by atoms with E-state index in [1.165, 1.54) is 11.3 Å². The second kappa shape index (κ2) is 5.70. The van der Waals surface area contributed by atoms with E-state index < -0.39 is 0 Å². The molecule has 1 amide bonds. The Bertz CT molecular complexity index is 697. The van der Waals surface area contributed by atoms with Crippen LogP contribution in [0.5, 0.6) is 0 Å². The maximum Gasteiger partial charge on any atom is 0.265 e. The number of aryl methyl sites for hydroxylation is 1. The number of nitrogens with zero attached hydrogens (tertiary/aromatic N) is 4. The molecule has 0 aliphatic carbocycles. The molecule has 1 atom stereocenters. The summed E-state index contributed by atoms with van der Waals surface area (Å²) in [7, 11) is 0. The number of hydrogen-bond donors (Lipinski definition) is 0. The molecule has 1 saturated heterocycles. The Hall–Kier alpha value is -2.13. The number of amides is 1. The van der Waals surface area contributed by atoms with Crippen LogP contribution in [-0.2, 0) is 0 Å². The minimum atomic E-state index is -0.0323. The summed E-state index contributed by atoms with van der Waals surface area (Å²) in [5.41, 5.74) is 1.60. The topological polar surface area (TPSA) is 61.9 Å². The fourth-order valence-corrected chi connectivity index (χ4v) is 3.51. The van der Waals surface area contributed by atoms with Crippen molar-refractivity contribution in [2.24, 2.45) is 0 Å². The van der Waals surface area contributed by atoms with Gasteiger partial charge >= 0.3 is 0 Å². The molecule has 1 aliphatic heterocycles. The molecule has 1 fully saturated rings. The first kappa shape index (κ1) is 13.8. The van der Waals surface area contributed by atoms with Gasteiger partial charge in [-0.15, -0.1) is 11.3 Å². The molecule has 2 aromatic rings. The Morgan fingerprint density at radius 2 is 2.43 bits per heavy atom. The molecule has 21 heavy (non-hydrogen) atoms. The number of piperidine rings is 1. The van der Waals surface area contributed by atoms with Crippen molar-refractivity contribution in [3.05, 3.63) is 39.8 Å². The predicted molar refractivity (Wildman–Crippen MR) is 80.2 cm³/mol. The number of hydrogen-bond acceptors (Lipinski definition) is 4. The van der Waals surface area contributed by atoms with Crippen LogP contribution in [0.1, 0.15) is 39.7 Å². The van der Waals surface area contributed by atoms with E-state index in [2.05, 4.69) is 11.2 Å². The Labute approximate surface area is 127 Å². The number of carbonyl (C=O) groups is 1. The Morgan fingerprint density at radius 3 is 3.14 bits per heavy atom. The highest BCUT2D eigenvalue weighted by Crippen LogP contribution is 2.25. The van der Waals surface area contributed by atoms with E-state index >= 15 is 0 Å². The van der Waals surface area contributed by atoms with E-state index in [9.17, 15) is 4.79 Å². The average molecular weight is 300 g/mol. The molecule has 0 spiro atoms. The van der Waals surface area contributed by atoms with Crippen molar-refractivity contribution >= 4 is 17.2 Å². The van der Waals surface area contributed by atoms with E-state index in [0.29, 0.717) is 17.0 Å². The third kappa shape index (κ3) is 2.69. The molecule has 1 aliphatic rings. The minimum absolute atomic E-state index is 0.0323. The smallest absolute Gasteiger partial charge is 0.265 e. The van der Waals surface area contributed by atoms with Crippen molar-refractivity contribution in [2.45, 2.75) is 25.8 Å². The molecular formula is C15H16N4OS. The summed E-state index contributed by atoms with van der Waals surface area (Å²) < 4.78 is 1.95. The van der Waals surface area contributed by atoms with Crippen LogP contribution in [0.15, 0.2) is 23.8 Å². The zero-order valence-corrected chi connectivity index (χ0v) is 12.6.